The van der Waals surface area contributed by atoms with Crippen molar-refractivity contribution in [3.63, 3.8) is 0 Å². The number of amides is 1. The third kappa shape index (κ3) is 3.49. The van der Waals surface area contributed by atoms with Crippen molar-refractivity contribution in [3.05, 3.63) is 65.6 Å². The molecule has 0 bridgehead atoms. The Balaban J connectivity index is 1.39. The molecule has 1 fully saturated rings. The van der Waals surface area contributed by atoms with Gasteiger partial charge in [0.05, 0.1) is 23.6 Å². The Morgan fingerprint density at radius 2 is 1.88 bits per heavy atom. The molecule has 2 aromatic heterocycles. The first kappa shape index (κ1) is 20.2. The number of benzene rings is 1. The smallest absolute Gasteiger partial charge is 0.342 e. The minimum absolute atomic E-state index is 0.0344. The molecule has 3 atom stereocenters. The zero-order chi connectivity index (χ0) is 22.2. The number of fused-ring (bicyclic) bond motifs is 1. The van der Waals surface area contributed by atoms with Gasteiger partial charge in [-0.25, -0.2) is 9.78 Å². The highest BCUT2D eigenvalue weighted by atomic mass is 16.5. The molecule has 0 aliphatic carbocycles. The van der Waals surface area contributed by atoms with E-state index in [0.29, 0.717) is 29.2 Å². The minimum Gasteiger partial charge on any atom is -0.454 e. The fraction of sp³-hybridized carbons (Fsp3) is 0.348. The number of nitrogens with zero attached hydrogens (tertiary/aromatic N) is 5. The number of ether oxygens (including phenoxy) is 1. The Kier molecular flexibility index (Phi) is 5.08. The summed E-state index contributed by atoms with van der Waals surface area (Å²) in [5, 5.41) is 11.8. The average molecular weight is 432 g/mol. The molecule has 9 nitrogen and oxygen atoms in total. The summed E-state index contributed by atoms with van der Waals surface area (Å²) in [6, 6.07) is 9.20. The zero-order valence-electron chi connectivity index (χ0n) is 17.9. The molecule has 2 aliphatic rings. The highest BCUT2D eigenvalue weighted by Crippen LogP contribution is 2.34. The maximum absolute atomic E-state index is 13.5. The Bertz CT molecular complexity index is 1160. The van der Waals surface area contributed by atoms with Gasteiger partial charge in [-0.1, -0.05) is 12.1 Å². The lowest BCUT2D eigenvalue weighted by molar-refractivity contribution is 0.0421. The number of hydrogen-bond acceptors (Lipinski definition) is 7. The fourth-order valence-electron chi connectivity index (χ4n) is 4.45. The number of piperidine rings is 1. The molecule has 0 spiro atoms. The molecule has 32 heavy (non-hydrogen) atoms. The van der Waals surface area contributed by atoms with Crippen LogP contribution in [0, 0.1) is 0 Å². The van der Waals surface area contributed by atoms with Gasteiger partial charge in [0.2, 0.25) is 0 Å². The van der Waals surface area contributed by atoms with Crippen LogP contribution in [0.3, 0.4) is 0 Å². The molecular weight excluding hydrogens is 408 g/mol. The molecule has 0 saturated carbocycles. The van der Waals surface area contributed by atoms with Crippen molar-refractivity contribution in [1.29, 1.82) is 0 Å². The number of carbonyl (C=O) groups is 2. The summed E-state index contributed by atoms with van der Waals surface area (Å²) in [5.74, 6) is 0.0852. The number of rotatable bonds is 4. The summed E-state index contributed by atoms with van der Waals surface area (Å²) in [7, 11) is 0. The first-order valence-electron chi connectivity index (χ1n) is 10.8. The van der Waals surface area contributed by atoms with Gasteiger partial charge >= 0.3 is 5.97 Å². The van der Waals surface area contributed by atoms with E-state index in [-0.39, 0.29) is 30.1 Å². The zero-order valence-corrected chi connectivity index (χ0v) is 17.9. The average Bonchev–Trinajstić information content (AvgIpc) is 3.44. The normalized spacial score (nSPS) is 22.4. The third-order valence-corrected chi connectivity index (χ3v) is 6.16. The van der Waals surface area contributed by atoms with Gasteiger partial charge in [0.1, 0.15) is 17.5 Å². The third-order valence-electron chi connectivity index (χ3n) is 6.16. The van der Waals surface area contributed by atoms with Gasteiger partial charge < -0.3 is 15.0 Å². The molecular formula is C23H24N6O3. The van der Waals surface area contributed by atoms with Gasteiger partial charge in [-0.2, -0.15) is 15.0 Å². The van der Waals surface area contributed by atoms with E-state index in [9.17, 15) is 9.59 Å². The predicted octanol–water partition coefficient (Wildman–Crippen LogP) is 3.00. The van der Waals surface area contributed by atoms with E-state index in [2.05, 4.69) is 27.4 Å². The summed E-state index contributed by atoms with van der Waals surface area (Å²) in [4.78, 5) is 33.6. The minimum atomic E-state index is -0.360. The van der Waals surface area contributed by atoms with Gasteiger partial charge in [-0.05, 0) is 44.9 Å². The van der Waals surface area contributed by atoms with Crippen LogP contribution in [0.2, 0.25) is 0 Å². The number of nitrogens with one attached hydrogen (secondary N) is 1. The lowest BCUT2D eigenvalue weighted by atomic mass is 9.97. The summed E-state index contributed by atoms with van der Waals surface area (Å²) in [6.07, 6.45) is 6.27. The monoisotopic (exact) mass is 432 g/mol. The van der Waals surface area contributed by atoms with Crippen molar-refractivity contribution < 1.29 is 14.3 Å². The van der Waals surface area contributed by atoms with Crippen LogP contribution in [0.15, 0.2) is 48.9 Å². The van der Waals surface area contributed by atoms with Crippen LogP contribution < -0.4 is 5.32 Å². The van der Waals surface area contributed by atoms with Crippen molar-refractivity contribution in [2.75, 3.05) is 11.9 Å². The second-order valence-electron chi connectivity index (χ2n) is 8.23. The van der Waals surface area contributed by atoms with Gasteiger partial charge in [-0.3, -0.25) is 4.79 Å². The number of cyclic esters (lactones) is 1. The number of likely N-dealkylation sites (tertiary alicyclic amines) is 1. The molecule has 1 amide bonds. The summed E-state index contributed by atoms with van der Waals surface area (Å²) in [5.41, 5.74) is 2.52. The Labute approximate surface area is 185 Å². The molecule has 0 unspecified atom stereocenters. The van der Waals surface area contributed by atoms with Crippen LogP contribution in [0.25, 0.3) is 5.69 Å². The van der Waals surface area contributed by atoms with Gasteiger partial charge in [-0.15, -0.1) is 0 Å². The first-order valence-corrected chi connectivity index (χ1v) is 10.8. The molecule has 3 aromatic rings. The van der Waals surface area contributed by atoms with Crippen molar-refractivity contribution in [2.45, 2.75) is 44.9 Å². The van der Waals surface area contributed by atoms with Crippen LogP contribution in [0.5, 0.6) is 0 Å². The van der Waals surface area contributed by atoms with E-state index >= 15 is 0 Å². The molecule has 1 saturated heterocycles. The highest BCUT2D eigenvalue weighted by Gasteiger charge is 2.34. The topological polar surface area (TPSA) is 102 Å². The second-order valence-corrected chi connectivity index (χ2v) is 8.23. The van der Waals surface area contributed by atoms with E-state index in [0.717, 1.165) is 18.4 Å². The molecule has 1 N–H and O–H groups in total. The van der Waals surface area contributed by atoms with Crippen molar-refractivity contribution >= 4 is 17.7 Å². The van der Waals surface area contributed by atoms with Crippen LogP contribution in [0.1, 0.15) is 59.1 Å². The number of anilines is 1. The van der Waals surface area contributed by atoms with Gasteiger partial charge in [0.15, 0.2) is 0 Å². The standard InChI is InChI=1S/C23H24N6O3/c1-14-7-8-16(27-21-20-17(9-10-24-21)15(2)32-23(20)31)13-28(14)22(30)18-5-3-4-6-19(18)29-25-11-12-26-29/h3-6,9-12,14-16H,7-8,13H2,1-2H3,(H,24,27)/t14-,15-,16-/m1/s1. The summed E-state index contributed by atoms with van der Waals surface area (Å²) < 4.78 is 5.35. The van der Waals surface area contributed by atoms with E-state index < -0.39 is 0 Å². The first-order chi connectivity index (χ1) is 15.5. The van der Waals surface area contributed by atoms with Crippen LogP contribution >= 0.6 is 0 Å². The summed E-state index contributed by atoms with van der Waals surface area (Å²) >= 11 is 0. The summed E-state index contributed by atoms with van der Waals surface area (Å²) in [6.45, 7) is 4.40. The maximum atomic E-state index is 13.5. The molecule has 164 valence electrons. The van der Waals surface area contributed by atoms with Crippen molar-refractivity contribution in [2.24, 2.45) is 0 Å². The van der Waals surface area contributed by atoms with Gasteiger partial charge in [0, 0.05) is 30.4 Å². The molecule has 9 heteroatoms. The number of pyridine rings is 1. The lowest BCUT2D eigenvalue weighted by Crippen LogP contribution is -2.50. The van der Waals surface area contributed by atoms with E-state index in [1.165, 1.54) is 4.80 Å². The SMILES string of the molecule is C[C@@H]1CC[C@@H](Nc2nccc3c2C(=O)O[C@@H]3C)CN1C(=O)c1ccccc1-n1nccn1. The molecule has 1 aromatic carbocycles. The predicted molar refractivity (Wildman–Crippen MR) is 117 cm³/mol. The van der Waals surface area contributed by atoms with Crippen molar-refractivity contribution in [1.82, 2.24) is 24.9 Å². The molecule has 0 radical (unpaired) electrons. The van der Waals surface area contributed by atoms with Crippen LogP contribution in [-0.2, 0) is 4.74 Å². The number of hydrogen-bond donors (Lipinski definition) is 1. The Morgan fingerprint density at radius 3 is 2.69 bits per heavy atom. The van der Waals surface area contributed by atoms with Crippen LogP contribution in [-0.4, -0.2) is 55.4 Å². The Hall–Kier alpha value is -3.75. The number of para-hydroxylation sites is 1. The van der Waals surface area contributed by atoms with E-state index in [1.807, 2.05) is 36.1 Å². The van der Waals surface area contributed by atoms with Crippen LogP contribution in [0.4, 0.5) is 5.82 Å². The highest BCUT2D eigenvalue weighted by molar-refractivity contribution is 5.99. The number of aromatic nitrogens is 4. The van der Waals surface area contributed by atoms with E-state index in [1.54, 1.807) is 24.7 Å². The van der Waals surface area contributed by atoms with E-state index in [4.69, 9.17) is 4.74 Å². The quantitative estimate of drug-likeness (QED) is 0.632. The van der Waals surface area contributed by atoms with Crippen molar-refractivity contribution in [3.8, 4) is 5.69 Å². The fourth-order valence-corrected chi connectivity index (χ4v) is 4.45. The molecule has 2 aliphatic heterocycles. The molecule has 5 rings (SSSR count). The van der Waals surface area contributed by atoms with Gasteiger partial charge in [0.25, 0.3) is 5.91 Å². The lowest BCUT2D eigenvalue weighted by Gasteiger charge is -2.38. The second kappa shape index (κ2) is 8.07. The Morgan fingerprint density at radius 1 is 1.09 bits per heavy atom. The molecule has 4 heterocycles. The number of esters is 1. The number of carbonyl (C=O) groups excluding carboxylic acids is 2. The largest absolute Gasteiger partial charge is 0.454 e. The maximum Gasteiger partial charge on any atom is 0.342 e.